The first-order valence-electron chi connectivity index (χ1n) is 7.68. The van der Waals surface area contributed by atoms with E-state index in [4.69, 9.17) is 16.3 Å². The van der Waals surface area contributed by atoms with Crippen LogP contribution in [0.2, 0.25) is 5.02 Å². The minimum atomic E-state index is -0.388. The molecule has 0 atom stereocenters. The Kier molecular flexibility index (Phi) is 5.46. The molecule has 6 heteroatoms. The van der Waals surface area contributed by atoms with Gasteiger partial charge in [-0.25, -0.2) is 4.79 Å². The number of nitrogens with zero attached hydrogens (tertiary/aromatic N) is 2. The second kappa shape index (κ2) is 7.76. The van der Waals surface area contributed by atoms with Crippen LogP contribution in [0.15, 0.2) is 59.6 Å². The van der Waals surface area contributed by atoms with Crippen molar-refractivity contribution < 1.29 is 9.53 Å². The molecule has 1 heterocycles. The molecule has 0 unspecified atom stereocenters. The summed E-state index contributed by atoms with van der Waals surface area (Å²) < 4.78 is 5.44. The third kappa shape index (κ3) is 4.24. The fourth-order valence-electron chi connectivity index (χ4n) is 2.28. The lowest BCUT2D eigenvalue weighted by Gasteiger charge is -2.14. The Bertz CT molecular complexity index is 915. The molecule has 3 aromatic rings. The molecular formula is C19H17ClN2O2S. The first-order chi connectivity index (χ1) is 12.0. The Labute approximate surface area is 155 Å². The van der Waals surface area contributed by atoms with Crippen molar-refractivity contribution >= 4 is 40.4 Å². The highest BCUT2D eigenvalue weighted by atomic mass is 35.5. The van der Waals surface area contributed by atoms with Crippen molar-refractivity contribution in [3.8, 4) is 5.75 Å². The number of carbonyl (C=O) groups excluding carboxylic acids is 1. The monoisotopic (exact) mass is 372 g/mol. The van der Waals surface area contributed by atoms with E-state index >= 15 is 0 Å². The van der Waals surface area contributed by atoms with E-state index in [-0.39, 0.29) is 6.09 Å². The van der Waals surface area contributed by atoms with E-state index in [0.717, 1.165) is 21.4 Å². The van der Waals surface area contributed by atoms with E-state index in [2.05, 4.69) is 4.98 Å². The van der Waals surface area contributed by atoms with Crippen molar-refractivity contribution in [3.05, 3.63) is 65.3 Å². The number of ether oxygens (including phenoxy) is 1. The molecule has 25 heavy (non-hydrogen) atoms. The second-order valence-corrected chi connectivity index (χ2v) is 7.08. The van der Waals surface area contributed by atoms with E-state index in [1.54, 1.807) is 32.1 Å². The van der Waals surface area contributed by atoms with Crippen molar-refractivity contribution in [1.29, 1.82) is 0 Å². The molecule has 128 valence electrons. The molecule has 0 spiro atoms. The number of hydrogen-bond donors (Lipinski definition) is 0. The predicted molar refractivity (Wildman–Crippen MR) is 102 cm³/mol. The molecule has 1 aromatic heterocycles. The number of carbonyl (C=O) groups is 1. The molecule has 2 aromatic carbocycles. The van der Waals surface area contributed by atoms with Gasteiger partial charge in [-0.1, -0.05) is 35.9 Å². The Hall–Kier alpha value is -2.24. The molecule has 4 nitrogen and oxygen atoms in total. The summed E-state index contributed by atoms with van der Waals surface area (Å²) >= 11 is 7.71. The van der Waals surface area contributed by atoms with Crippen molar-refractivity contribution in [3.63, 3.8) is 0 Å². The fourth-order valence-corrected chi connectivity index (χ4v) is 3.49. The van der Waals surface area contributed by atoms with Gasteiger partial charge in [0.1, 0.15) is 5.75 Å². The third-order valence-corrected chi connectivity index (χ3v) is 4.94. The highest BCUT2D eigenvalue weighted by Crippen LogP contribution is 2.32. The highest BCUT2D eigenvalue weighted by Gasteiger charge is 2.11. The first-order valence-corrected chi connectivity index (χ1v) is 9.05. The quantitative estimate of drug-likeness (QED) is 0.587. The molecule has 3 rings (SSSR count). The van der Waals surface area contributed by atoms with Crippen LogP contribution in [0.3, 0.4) is 0 Å². The molecule has 0 aliphatic carbocycles. The summed E-state index contributed by atoms with van der Waals surface area (Å²) in [6.45, 7) is 0. The molecule has 0 bridgehead atoms. The number of fused-ring (bicyclic) bond motifs is 1. The van der Waals surface area contributed by atoms with E-state index in [1.165, 1.54) is 4.90 Å². The van der Waals surface area contributed by atoms with Gasteiger partial charge < -0.3 is 9.64 Å². The lowest BCUT2D eigenvalue weighted by atomic mass is 10.2. The van der Waals surface area contributed by atoms with Gasteiger partial charge in [-0.15, -0.1) is 11.8 Å². The molecule has 0 saturated carbocycles. The Morgan fingerprint density at radius 3 is 2.80 bits per heavy atom. The number of amides is 1. The minimum absolute atomic E-state index is 0.388. The Morgan fingerprint density at radius 2 is 2.00 bits per heavy atom. The van der Waals surface area contributed by atoms with Crippen LogP contribution in [0.1, 0.15) is 5.56 Å². The third-order valence-electron chi connectivity index (χ3n) is 3.58. The van der Waals surface area contributed by atoms with E-state index in [9.17, 15) is 4.79 Å². The summed E-state index contributed by atoms with van der Waals surface area (Å²) in [5, 5.41) is 1.72. The van der Waals surface area contributed by atoms with Crippen molar-refractivity contribution in [2.45, 2.75) is 10.6 Å². The SMILES string of the molecule is CN(C)C(=O)Oc1ccccc1CSc1ccnc2cc(Cl)ccc12. The van der Waals surface area contributed by atoms with Crippen LogP contribution in [0.25, 0.3) is 10.9 Å². The van der Waals surface area contributed by atoms with Gasteiger partial charge in [0.2, 0.25) is 0 Å². The van der Waals surface area contributed by atoms with Crippen molar-refractivity contribution in [2.24, 2.45) is 0 Å². The number of hydrogen-bond acceptors (Lipinski definition) is 4. The van der Waals surface area contributed by atoms with Gasteiger partial charge >= 0.3 is 6.09 Å². The largest absolute Gasteiger partial charge is 0.414 e. The zero-order valence-corrected chi connectivity index (χ0v) is 15.5. The first kappa shape index (κ1) is 17.6. The van der Waals surface area contributed by atoms with Gasteiger partial charge in [0, 0.05) is 46.9 Å². The van der Waals surface area contributed by atoms with Crippen LogP contribution >= 0.6 is 23.4 Å². The maximum absolute atomic E-state index is 11.8. The van der Waals surface area contributed by atoms with Crippen LogP contribution in [0, 0.1) is 0 Å². The Morgan fingerprint density at radius 1 is 1.20 bits per heavy atom. The predicted octanol–water partition coefficient (Wildman–Crippen LogP) is 5.24. The fraction of sp³-hybridized carbons (Fsp3) is 0.158. The van der Waals surface area contributed by atoms with Crippen molar-refractivity contribution in [1.82, 2.24) is 9.88 Å². The normalized spacial score (nSPS) is 10.7. The van der Waals surface area contributed by atoms with Crippen molar-refractivity contribution in [2.75, 3.05) is 14.1 Å². The molecule has 0 aliphatic heterocycles. The van der Waals surface area contributed by atoms with E-state index in [1.807, 2.05) is 48.5 Å². The summed E-state index contributed by atoms with van der Waals surface area (Å²) in [6.07, 6.45) is 1.39. The average Bonchev–Trinajstić information content (AvgIpc) is 2.60. The number of rotatable bonds is 4. The molecule has 0 fully saturated rings. The van der Waals surface area contributed by atoms with Gasteiger partial charge in [0.05, 0.1) is 5.52 Å². The van der Waals surface area contributed by atoms with Gasteiger partial charge in [-0.05, 0) is 24.3 Å². The number of aromatic nitrogens is 1. The number of thioether (sulfide) groups is 1. The van der Waals surface area contributed by atoms with Gasteiger partial charge in [-0.2, -0.15) is 0 Å². The zero-order valence-electron chi connectivity index (χ0n) is 13.9. The number of para-hydroxylation sites is 1. The lowest BCUT2D eigenvalue weighted by Crippen LogP contribution is -2.25. The molecule has 0 saturated heterocycles. The van der Waals surface area contributed by atoms with Gasteiger partial charge in [-0.3, -0.25) is 4.98 Å². The van der Waals surface area contributed by atoms with Crippen LogP contribution in [-0.4, -0.2) is 30.1 Å². The number of benzene rings is 2. The Balaban J connectivity index is 1.82. The average molecular weight is 373 g/mol. The number of pyridine rings is 1. The van der Waals surface area contributed by atoms with Gasteiger partial charge in [0.25, 0.3) is 0 Å². The second-order valence-electron chi connectivity index (χ2n) is 5.63. The molecule has 0 N–H and O–H groups in total. The maximum atomic E-state index is 11.8. The summed E-state index contributed by atoms with van der Waals surface area (Å²) in [4.78, 5) is 18.7. The van der Waals surface area contributed by atoms with Crippen LogP contribution in [0.5, 0.6) is 5.75 Å². The van der Waals surface area contributed by atoms with E-state index < -0.39 is 0 Å². The maximum Gasteiger partial charge on any atom is 0.414 e. The zero-order chi connectivity index (χ0) is 17.8. The van der Waals surface area contributed by atoms with E-state index in [0.29, 0.717) is 16.5 Å². The lowest BCUT2D eigenvalue weighted by molar-refractivity contribution is 0.171. The molecule has 0 radical (unpaired) electrons. The van der Waals surface area contributed by atoms with Crippen LogP contribution < -0.4 is 4.74 Å². The van der Waals surface area contributed by atoms with Crippen LogP contribution in [-0.2, 0) is 5.75 Å². The topological polar surface area (TPSA) is 42.4 Å². The minimum Gasteiger partial charge on any atom is -0.410 e. The van der Waals surface area contributed by atoms with Crippen LogP contribution in [0.4, 0.5) is 4.79 Å². The summed E-state index contributed by atoms with van der Waals surface area (Å²) in [5.41, 5.74) is 1.83. The molecule has 0 aliphatic rings. The number of halogens is 1. The standard InChI is InChI=1S/C19H17ClN2O2S/c1-22(2)19(23)24-17-6-4-3-5-13(17)12-25-18-9-10-21-16-11-14(20)7-8-15(16)18/h3-11H,12H2,1-2H3. The highest BCUT2D eigenvalue weighted by molar-refractivity contribution is 7.98. The summed E-state index contributed by atoms with van der Waals surface area (Å²) in [6, 6.07) is 15.2. The summed E-state index contributed by atoms with van der Waals surface area (Å²) in [7, 11) is 3.32. The molecular weight excluding hydrogens is 356 g/mol. The van der Waals surface area contributed by atoms with Gasteiger partial charge in [0.15, 0.2) is 0 Å². The molecule has 1 amide bonds. The summed E-state index contributed by atoms with van der Waals surface area (Å²) in [5.74, 6) is 1.26. The smallest absolute Gasteiger partial charge is 0.410 e.